The Kier molecular flexibility index (Phi) is 38.2. The first-order valence-electron chi connectivity index (χ1n) is 39.6. The molecule has 636 valence electrons. The van der Waals surface area contributed by atoms with Crippen LogP contribution >= 0.6 is 0 Å². The average Bonchev–Trinajstić information content (AvgIpc) is 1.16. The SMILES string of the molecule is CC[C@@H]1NC(=O)[C@H]([C@H](O)[C@H](C)Cc2nc3cc(C(=O)N[C@@H](CCCNC(=N)N)C(=O)N[C@@H](CC(C)C)C(N)=O)ccc3[nH]2)N(C)C(=O)[C@H](C(C)C)N(C)C(=O)[C@H](CC(C)C)N(C)C(=O)[C@H](CC(C)C)N(C)C(=O)[C@@H](C)NC(=O)[C@H](C)NC(=O)[C@H](CC(C)C)N(C)C(=O)[C@H](C(C)C)NC(=O)[C@H](CC(C)C)N(C)C(=O)CN(C)C1=O. The molecule has 1 aliphatic rings. The summed E-state index contributed by atoms with van der Waals surface area (Å²) in [5, 5.41) is 39.4. The van der Waals surface area contributed by atoms with Crippen LogP contribution in [-0.2, 0) is 68.7 Å². The molecule has 2 aromatic rings. The molecule has 1 aliphatic heterocycles. The number of aliphatic hydroxyl groups excluding tert-OH is 1. The van der Waals surface area contributed by atoms with Crippen LogP contribution in [0.25, 0.3) is 11.0 Å². The first-order chi connectivity index (χ1) is 52.4. The summed E-state index contributed by atoms with van der Waals surface area (Å²) in [5.74, 6) is -13.4. The third kappa shape index (κ3) is 27.9. The van der Waals surface area contributed by atoms with Gasteiger partial charge in [0.25, 0.3) is 5.91 Å². The zero-order valence-electron chi connectivity index (χ0n) is 71.5. The summed E-state index contributed by atoms with van der Waals surface area (Å²) in [7, 11) is 9.63. The van der Waals surface area contributed by atoms with Gasteiger partial charge in [-0.25, -0.2) is 4.98 Å². The van der Waals surface area contributed by atoms with Crippen molar-refractivity contribution in [2.75, 3.05) is 62.4 Å². The number of aromatic amines is 1. The minimum atomic E-state index is -1.85. The van der Waals surface area contributed by atoms with Crippen molar-refractivity contribution in [2.24, 2.45) is 58.8 Å². The lowest BCUT2D eigenvalue weighted by atomic mass is 9.91. The first kappa shape index (κ1) is 97.7. The fourth-order valence-electron chi connectivity index (χ4n) is 13.9. The summed E-state index contributed by atoms with van der Waals surface area (Å²) in [6.45, 7) is 30.8. The number of rotatable bonds is 26. The van der Waals surface area contributed by atoms with Crippen LogP contribution in [0.1, 0.15) is 192 Å². The number of primary amides is 1. The number of hydrogen-bond acceptors (Lipinski definition) is 17. The molecule has 0 unspecified atom stereocenters. The zero-order valence-corrected chi connectivity index (χ0v) is 71.5. The summed E-state index contributed by atoms with van der Waals surface area (Å²) in [5.41, 5.74) is 11.9. The largest absolute Gasteiger partial charge is 0.390 e. The molecule has 0 saturated carbocycles. The minimum absolute atomic E-state index is 0.0181. The average molecular weight is 1590 g/mol. The number of H-pyrrole nitrogens is 1. The molecule has 0 radical (unpaired) electrons. The number of likely N-dealkylation sites (N-methyl/N-ethyl adjacent to an activating group) is 7. The summed E-state index contributed by atoms with van der Waals surface area (Å²) in [4.78, 5) is 220. The predicted molar refractivity (Wildman–Crippen MR) is 430 cm³/mol. The van der Waals surface area contributed by atoms with Gasteiger partial charge in [-0.1, -0.05) is 111 Å². The fraction of sp³-hybridized carbons (Fsp3) is 0.722. The van der Waals surface area contributed by atoms with E-state index in [1.807, 2.05) is 69.2 Å². The highest BCUT2D eigenvalue weighted by atomic mass is 16.3. The number of fused-ring (bicyclic) bond motifs is 1. The molecule has 1 saturated heterocycles. The maximum absolute atomic E-state index is 15.7. The third-order valence-electron chi connectivity index (χ3n) is 20.6. The molecule has 1 fully saturated rings. The van der Waals surface area contributed by atoms with Crippen LogP contribution in [-0.4, -0.2) is 279 Å². The standard InChI is InChI=1S/C79H135N19O15/c1-26-51-74(109)92(19)39-61(99)93(20)56(33-41(4)5)71(106)91-62(45(12)13)77(112)94(21)57(34-42(6)7)70(105)84-48(17)67(102)85-49(18)73(108)95(22)58(35-43(8)9)75(110)96(23)59(36-44(10)11)76(111)97(24)63(46(14)15)78(113)98(25)64(72(107)88-51)65(100)47(16)37-60-86-52-30-29-50(38-54(52)87-60)68(103)89-53(28-27-31-83-79(81)82)69(104)90-55(66(80)101)32-40(2)3/h29-30,38,40-49,51,53,55-59,62-65,100H,26-28,31-37,39H2,1-25H3,(H2,80,101)(H,84,105)(H,85,102)(H,86,87)(H,88,107)(H,89,103)(H,90,104)(H,91,106)(H4,81,82,83)/t47-,48+,49-,51+,53+,55+,56+,57+,58+,59+,62+,63+,64+,65-/m1/s1. The topological polar surface area (TPSA) is 471 Å². The van der Waals surface area contributed by atoms with Crippen LogP contribution in [0.2, 0.25) is 0 Å². The lowest BCUT2D eigenvalue weighted by Crippen LogP contribution is -2.63. The minimum Gasteiger partial charge on any atom is -0.390 e. The number of carbonyl (C=O) groups is 14. The molecule has 0 aliphatic carbocycles. The Bertz CT molecular complexity index is 3650. The molecule has 113 heavy (non-hydrogen) atoms. The Morgan fingerprint density at radius 3 is 1.56 bits per heavy atom. The number of carbonyl (C=O) groups excluding carboxylic acids is 14. The number of aromatic nitrogens is 2. The molecule has 0 spiro atoms. The zero-order chi connectivity index (χ0) is 86.4. The molecular formula is C79H135N19O15. The van der Waals surface area contributed by atoms with Gasteiger partial charge in [-0.2, -0.15) is 0 Å². The van der Waals surface area contributed by atoms with E-state index in [1.54, 1.807) is 47.6 Å². The van der Waals surface area contributed by atoms with E-state index in [0.29, 0.717) is 5.52 Å². The second kappa shape index (κ2) is 44.2. The smallest absolute Gasteiger partial charge is 0.252 e. The van der Waals surface area contributed by atoms with Crippen LogP contribution in [0.5, 0.6) is 0 Å². The highest BCUT2D eigenvalue weighted by Gasteiger charge is 2.46. The van der Waals surface area contributed by atoms with Crippen LogP contribution in [0.15, 0.2) is 18.2 Å². The first-order valence-corrected chi connectivity index (χ1v) is 39.6. The number of nitrogens with one attached hydrogen (secondary N) is 9. The molecule has 14 amide bonds. The van der Waals surface area contributed by atoms with E-state index in [9.17, 15) is 53.1 Å². The Hall–Kier alpha value is -9.50. The number of guanidine groups is 1. The van der Waals surface area contributed by atoms with Gasteiger partial charge in [-0.05, 0) is 131 Å². The molecule has 1 aromatic carbocycles. The number of nitrogens with zero attached hydrogens (tertiary/aromatic N) is 8. The van der Waals surface area contributed by atoms with Crippen LogP contribution < -0.4 is 48.7 Å². The highest BCUT2D eigenvalue weighted by Crippen LogP contribution is 2.27. The Morgan fingerprint density at radius 1 is 0.558 bits per heavy atom. The lowest BCUT2D eigenvalue weighted by molar-refractivity contribution is -0.157. The van der Waals surface area contributed by atoms with E-state index in [0.717, 1.165) is 9.80 Å². The van der Waals surface area contributed by atoms with Gasteiger partial charge in [0.15, 0.2) is 5.96 Å². The van der Waals surface area contributed by atoms with Crippen molar-refractivity contribution in [3.63, 3.8) is 0 Å². The van der Waals surface area contributed by atoms with Crippen molar-refractivity contribution in [3.05, 3.63) is 29.6 Å². The van der Waals surface area contributed by atoms with E-state index in [4.69, 9.17) is 21.9 Å². The van der Waals surface area contributed by atoms with Crippen molar-refractivity contribution in [3.8, 4) is 0 Å². The number of amides is 14. The molecule has 14 N–H and O–H groups in total. The van der Waals surface area contributed by atoms with Gasteiger partial charge < -0.3 is 93.1 Å². The third-order valence-corrected chi connectivity index (χ3v) is 20.6. The number of hydrogen-bond donors (Lipinski definition) is 12. The normalized spacial score (nSPS) is 23.5. The van der Waals surface area contributed by atoms with E-state index < -0.39 is 186 Å². The van der Waals surface area contributed by atoms with E-state index >= 15 is 19.2 Å². The summed E-state index contributed by atoms with van der Waals surface area (Å²) in [6, 6.07) is -11.0. The van der Waals surface area contributed by atoms with Gasteiger partial charge in [0, 0.05) is 67.9 Å². The summed E-state index contributed by atoms with van der Waals surface area (Å²) < 4.78 is 0. The molecule has 3 rings (SSSR count). The summed E-state index contributed by atoms with van der Waals surface area (Å²) >= 11 is 0. The highest BCUT2D eigenvalue weighted by molar-refractivity contribution is 6.02. The lowest BCUT2D eigenvalue weighted by Gasteiger charge is -2.41. The maximum atomic E-state index is 15.7. The Labute approximate surface area is 667 Å². The van der Waals surface area contributed by atoms with Gasteiger partial charge in [-0.3, -0.25) is 72.5 Å². The molecule has 1 aromatic heterocycles. The summed E-state index contributed by atoms with van der Waals surface area (Å²) in [6.07, 6.45) is -1.02. The van der Waals surface area contributed by atoms with Crippen molar-refractivity contribution < 1.29 is 72.2 Å². The maximum Gasteiger partial charge on any atom is 0.252 e. The molecule has 14 atom stereocenters. The van der Waals surface area contributed by atoms with E-state index in [2.05, 4.69) is 42.2 Å². The number of aliphatic hydroxyl groups is 1. The molecule has 34 nitrogen and oxygen atoms in total. The van der Waals surface area contributed by atoms with Crippen LogP contribution in [0.4, 0.5) is 0 Å². The van der Waals surface area contributed by atoms with Crippen LogP contribution in [0.3, 0.4) is 0 Å². The monoisotopic (exact) mass is 1590 g/mol. The molecule has 34 heteroatoms. The van der Waals surface area contributed by atoms with Crippen molar-refractivity contribution in [1.82, 2.24) is 81.5 Å². The number of benzene rings is 1. The van der Waals surface area contributed by atoms with Crippen LogP contribution in [0, 0.1) is 52.8 Å². The predicted octanol–water partition coefficient (Wildman–Crippen LogP) is 1.80. The number of nitrogens with two attached hydrogens (primary N) is 2. The van der Waals surface area contributed by atoms with Gasteiger partial charge in [0.05, 0.1) is 23.7 Å². The number of imidazole rings is 1. The fourth-order valence-corrected chi connectivity index (χ4v) is 13.9. The van der Waals surface area contributed by atoms with Crippen molar-refractivity contribution in [2.45, 2.75) is 261 Å². The second-order valence-corrected chi connectivity index (χ2v) is 33.5. The van der Waals surface area contributed by atoms with Gasteiger partial charge >= 0.3 is 0 Å². The molecule has 0 bridgehead atoms. The second-order valence-electron chi connectivity index (χ2n) is 33.5. The van der Waals surface area contributed by atoms with Crippen molar-refractivity contribution >= 4 is 99.7 Å². The van der Waals surface area contributed by atoms with Gasteiger partial charge in [-0.15, -0.1) is 0 Å². The Morgan fingerprint density at radius 2 is 1.05 bits per heavy atom. The van der Waals surface area contributed by atoms with E-state index in [1.165, 1.54) is 99.8 Å². The quantitative estimate of drug-likeness (QED) is 0.0363. The van der Waals surface area contributed by atoms with Crippen molar-refractivity contribution in [1.29, 1.82) is 5.41 Å². The molecular weight excluding hydrogens is 1450 g/mol. The van der Waals surface area contributed by atoms with Gasteiger partial charge in [0.2, 0.25) is 76.8 Å². The van der Waals surface area contributed by atoms with Gasteiger partial charge in [0.1, 0.15) is 78.3 Å². The van der Waals surface area contributed by atoms with E-state index in [-0.39, 0.29) is 117 Å². The Balaban J connectivity index is 2.33. The molecule has 2 heterocycles.